The van der Waals surface area contributed by atoms with Crippen molar-refractivity contribution in [1.82, 2.24) is 0 Å². The number of nitro groups is 1. The van der Waals surface area contributed by atoms with Crippen LogP contribution >= 0.6 is 0 Å². The van der Waals surface area contributed by atoms with Crippen molar-refractivity contribution in [3.8, 4) is 23.0 Å². The fourth-order valence-corrected chi connectivity index (χ4v) is 2.62. The SMILES string of the molecule is O=[N+]([O-])c1cc2c(c(COc3ccc4c(c3)OCO4)c1)OCOC2. The number of fused-ring (bicyclic) bond motifs is 2. The Kier molecular flexibility index (Phi) is 3.58. The highest BCUT2D eigenvalue weighted by Gasteiger charge is 2.21. The summed E-state index contributed by atoms with van der Waals surface area (Å²) in [6.45, 7) is 0.699. The van der Waals surface area contributed by atoms with Crippen molar-refractivity contribution < 1.29 is 28.6 Å². The normalized spacial score (nSPS) is 14.7. The maximum absolute atomic E-state index is 11.1. The summed E-state index contributed by atoms with van der Waals surface area (Å²) in [4.78, 5) is 10.6. The molecule has 0 spiro atoms. The molecule has 0 bridgehead atoms. The van der Waals surface area contributed by atoms with Gasteiger partial charge >= 0.3 is 0 Å². The Morgan fingerprint density at radius 1 is 1.08 bits per heavy atom. The second kappa shape index (κ2) is 5.89. The molecular weight excluding hydrogens is 318 g/mol. The molecule has 8 nitrogen and oxygen atoms in total. The second-order valence-electron chi connectivity index (χ2n) is 5.26. The fourth-order valence-electron chi connectivity index (χ4n) is 2.62. The Labute approximate surface area is 136 Å². The van der Waals surface area contributed by atoms with E-state index in [0.29, 0.717) is 34.1 Å². The maximum atomic E-state index is 11.1. The van der Waals surface area contributed by atoms with Gasteiger partial charge in [0.05, 0.1) is 11.5 Å². The molecule has 124 valence electrons. The third-order valence-electron chi connectivity index (χ3n) is 3.72. The molecule has 4 rings (SSSR count). The predicted octanol–water partition coefficient (Wildman–Crippen LogP) is 2.77. The highest BCUT2D eigenvalue weighted by atomic mass is 16.7. The van der Waals surface area contributed by atoms with E-state index in [0.717, 1.165) is 0 Å². The number of hydrogen-bond acceptors (Lipinski definition) is 7. The molecule has 0 saturated carbocycles. The first-order chi connectivity index (χ1) is 11.7. The average molecular weight is 331 g/mol. The van der Waals surface area contributed by atoms with Gasteiger partial charge in [0.2, 0.25) is 6.79 Å². The zero-order chi connectivity index (χ0) is 16.5. The monoisotopic (exact) mass is 331 g/mol. The summed E-state index contributed by atoms with van der Waals surface area (Å²) in [5.74, 6) is 2.42. The Hall–Kier alpha value is -3.00. The fraction of sp³-hybridized carbons (Fsp3) is 0.250. The predicted molar refractivity (Wildman–Crippen MR) is 80.3 cm³/mol. The lowest BCUT2D eigenvalue weighted by Gasteiger charge is -2.20. The summed E-state index contributed by atoms with van der Waals surface area (Å²) in [5.41, 5.74) is 1.21. The van der Waals surface area contributed by atoms with E-state index in [1.807, 2.05) is 0 Å². The summed E-state index contributed by atoms with van der Waals surface area (Å²) >= 11 is 0. The lowest BCUT2D eigenvalue weighted by Crippen LogP contribution is -2.14. The van der Waals surface area contributed by atoms with Crippen LogP contribution in [0.5, 0.6) is 23.0 Å². The van der Waals surface area contributed by atoms with Gasteiger partial charge in [-0.15, -0.1) is 0 Å². The molecule has 0 radical (unpaired) electrons. The number of rotatable bonds is 4. The molecule has 24 heavy (non-hydrogen) atoms. The van der Waals surface area contributed by atoms with Gasteiger partial charge in [0.15, 0.2) is 18.3 Å². The van der Waals surface area contributed by atoms with Crippen molar-refractivity contribution in [3.63, 3.8) is 0 Å². The van der Waals surface area contributed by atoms with Crippen LogP contribution in [0.25, 0.3) is 0 Å². The van der Waals surface area contributed by atoms with Crippen LogP contribution in [0, 0.1) is 10.1 Å². The highest BCUT2D eigenvalue weighted by molar-refractivity contribution is 5.51. The largest absolute Gasteiger partial charge is 0.489 e. The number of non-ortho nitro benzene ring substituents is 1. The van der Waals surface area contributed by atoms with Crippen molar-refractivity contribution >= 4 is 5.69 Å². The zero-order valence-corrected chi connectivity index (χ0v) is 12.5. The van der Waals surface area contributed by atoms with Gasteiger partial charge in [0.25, 0.3) is 5.69 Å². The van der Waals surface area contributed by atoms with Gasteiger partial charge in [-0.25, -0.2) is 0 Å². The van der Waals surface area contributed by atoms with Crippen molar-refractivity contribution in [1.29, 1.82) is 0 Å². The van der Waals surface area contributed by atoms with E-state index >= 15 is 0 Å². The highest BCUT2D eigenvalue weighted by Crippen LogP contribution is 2.37. The van der Waals surface area contributed by atoms with Crippen LogP contribution in [-0.4, -0.2) is 18.5 Å². The standard InChI is InChI=1S/C16H13NO7/c18-17(19)12-3-10-6-20-8-24-16(10)11(4-12)7-21-13-1-2-14-15(5-13)23-9-22-14/h1-5H,6-9H2. The minimum absolute atomic E-state index is 0.0212. The first kappa shape index (κ1) is 14.6. The van der Waals surface area contributed by atoms with Crippen LogP contribution in [0.3, 0.4) is 0 Å². The van der Waals surface area contributed by atoms with E-state index in [-0.39, 0.29) is 32.5 Å². The second-order valence-corrected chi connectivity index (χ2v) is 5.26. The van der Waals surface area contributed by atoms with Gasteiger partial charge in [-0.2, -0.15) is 0 Å². The molecule has 8 heteroatoms. The minimum atomic E-state index is -0.445. The van der Waals surface area contributed by atoms with E-state index in [2.05, 4.69) is 0 Å². The number of hydrogen-bond donors (Lipinski definition) is 0. The quantitative estimate of drug-likeness (QED) is 0.628. The average Bonchev–Trinajstić information content (AvgIpc) is 3.07. The Morgan fingerprint density at radius 2 is 1.96 bits per heavy atom. The molecule has 0 amide bonds. The number of benzene rings is 2. The third kappa shape index (κ3) is 2.67. The molecule has 2 aromatic rings. The summed E-state index contributed by atoms with van der Waals surface area (Å²) in [6, 6.07) is 8.14. The van der Waals surface area contributed by atoms with E-state index in [9.17, 15) is 10.1 Å². The van der Waals surface area contributed by atoms with Crippen LogP contribution in [0.1, 0.15) is 11.1 Å². The van der Waals surface area contributed by atoms with E-state index in [1.165, 1.54) is 12.1 Å². The minimum Gasteiger partial charge on any atom is -0.489 e. The summed E-state index contributed by atoms with van der Waals surface area (Å²) < 4.78 is 26.9. The van der Waals surface area contributed by atoms with Crippen molar-refractivity contribution in [3.05, 3.63) is 51.6 Å². The smallest absolute Gasteiger partial charge is 0.270 e. The topological polar surface area (TPSA) is 89.3 Å². The molecule has 0 N–H and O–H groups in total. The molecule has 0 fully saturated rings. The molecule has 0 unspecified atom stereocenters. The van der Waals surface area contributed by atoms with Crippen LogP contribution in [0.4, 0.5) is 5.69 Å². The summed E-state index contributed by atoms with van der Waals surface area (Å²) in [7, 11) is 0. The number of nitrogens with zero attached hydrogens (tertiary/aromatic N) is 1. The number of nitro benzene ring substituents is 1. The third-order valence-corrected chi connectivity index (χ3v) is 3.72. The van der Waals surface area contributed by atoms with Crippen LogP contribution in [0.15, 0.2) is 30.3 Å². The van der Waals surface area contributed by atoms with Crippen LogP contribution < -0.4 is 18.9 Å². The zero-order valence-electron chi connectivity index (χ0n) is 12.5. The molecule has 0 saturated heterocycles. The Bertz CT molecular complexity index is 805. The summed E-state index contributed by atoms with van der Waals surface area (Å²) in [5, 5.41) is 11.1. The van der Waals surface area contributed by atoms with Crippen LogP contribution in [0.2, 0.25) is 0 Å². The van der Waals surface area contributed by atoms with Crippen molar-refractivity contribution in [2.24, 2.45) is 0 Å². The molecule has 2 aliphatic rings. The lowest BCUT2D eigenvalue weighted by molar-refractivity contribution is -0.385. The van der Waals surface area contributed by atoms with E-state index in [4.69, 9.17) is 23.7 Å². The Balaban J connectivity index is 1.59. The van der Waals surface area contributed by atoms with Gasteiger partial charge < -0.3 is 23.7 Å². The first-order valence-corrected chi connectivity index (χ1v) is 7.24. The molecule has 2 aromatic carbocycles. The maximum Gasteiger partial charge on any atom is 0.270 e. The molecular formula is C16H13NO7. The van der Waals surface area contributed by atoms with E-state index < -0.39 is 4.92 Å². The van der Waals surface area contributed by atoms with Gasteiger partial charge in [-0.1, -0.05) is 0 Å². The Morgan fingerprint density at radius 3 is 2.83 bits per heavy atom. The lowest BCUT2D eigenvalue weighted by atomic mass is 10.1. The van der Waals surface area contributed by atoms with Gasteiger partial charge in [0, 0.05) is 29.3 Å². The van der Waals surface area contributed by atoms with Gasteiger partial charge in [-0.3, -0.25) is 10.1 Å². The van der Waals surface area contributed by atoms with Crippen LogP contribution in [-0.2, 0) is 18.0 Å². The van der Waals surface area contributed by atoms with Gasteiger partial charge in [0.1, 0.15) is 18.1 Å². The van der Waals surface area contributed by atoms with Gasteiger partial charge in [-0.05, 0) is 12.1 Å². The molecule has 0 atom stereocenters. The molecule has 2 aliphatic heterocycles. The molecule has 0 aliphatic carbocycles. The van der Waals surface area contributed by atoms with Crippen molar-refractivity contribution in [2.45, 2.75) is 13.2 Å². The molecule has 0 aromatic heterocycles. The molecule has 2 heterocycles. The summed E-state index contributed by atoms with van der Waals surface area (Å²) in [6.07, 6.45) is 0. The van der Waals surface area contributed by atoms with Crippen molar-refractivity contribution in [2.75, 3.05) is 13.6 Å². The number of ether oxygens (including phenoxy) is 5. The first-order valence-electron chi connectivity index (χ1n) is 7.24. The van der Waals surface area contributed by atoms with E-state index in [1.54, 1.807) is 18.2 Å².